The lowest BCUT2D eigenvalue weighted by Gasteiger charge is -2.29. The van der Waals surface area contributed by atoms with Crippen LogP contribution in [0.1, 0.15) is 25.5 Å². The van der Waals surface area contributed by atoms with Crippen LogP contribution in [0.3, 0.4) is 0 Å². The van der Waals surface area contributed by atoms with Crippen molar-refractivity contribution in [2.45, 2.75) is 19.9 Å². The van der Waals surface area contributed by atoms with Crippen molar-refractivity contribution in [3.63, 3.8) is 0 Å². The van der Waals surface area contributed by atoms with Gasteiger partial charge < -0.3 is 5.32 Å². The van der Waals surface area contributed by atoms with Crippen molar-refractivity contribution in [3.05, 3.63) is 34.9 Å². The molecule has 18 heavy (non-hydrogen) atoms. The van der Waals surface area contributed by atoms with E-state index in [1.54, 1.807) is 0 Å². The minimum atomic E-state index is 0.440. The van der Waals surface area contributed by atoms with E-state index < -0.39 is 0 Å². The second kappa shape index (κ2) is 6.05. The topological polar surface area (TPSA) is 15.3 Å². The molecule has 0 bridgehead atoms. The predicted octanol–water partition coefficient (Wildman–Crippen LogP) is 3.19. The monoisotopic (exact) mass is 266 g/mol. The smallest absolute Gasteiger partial charge is 0.0406 e. The van der Waals surface area contributed by atoms with E-state index in [0.29, 0.717) is 6.04 Å². The summed E-state index contributed by atoms with van der Waals surface area (Å²) in [7, 11) is 2.21. The summed E-state index contributed by atoms with van der Waals surface area (Å²) in [5, 5.41) is 4.28. The first kappa shape index (κ1) is 13.9. The van der Waals surface area contributed by atoms with Crippen LogP contribution in [0.25, 0.3) is 0 Å². The molecule has 0 amide bonds. The molecule has 3 atom stereocenters. The molecule has 1 saturated heterocycles. The van der Waals surface area contributed by atoms with E-state index in [1.807, 2.05) is 12.1 Å². The second-order valence-electron chi connectivity index (χ2n) is 5.56. The Morgan fingerprint density at radius 1 is 1.33 bits per heavy atom. The molecule has 1 aromatic rings. The van der Waals surface area contributed by atoms with Gasteiger partial charge in [0.1, 0.15) is 0 Å². The van der Waals surface area contributed by atoms with Crippen molar-refractivity contribution in [3.8, 4) is 0 Å². The van der Waals surface area contributed by atoms with Crippen LogP contribution in [0.4, 0.5) is 0 Å². The number of hydrogen-bond donors (Lipinski definition) is 1. The Hall–Kier alpha value is -0.570. The van der Waals surface area contributed by atoms with Crippen molar-refractivity contribution in [1.29, 1.82) is 0 Å². The van der Waals surface area contributed by atoms with E-state index >= 15 is 0 Å². The molecule has 1 aromatic carbocycles. The maximum absolute atomic E-state index is 5.93. The van der Waals surface area contributed by atoms with Gasteiger partial charge in [-0.15, -0.1) is 0 Å². The molecule has 2 nitrogen and oxygen atoms in total. The van der Waals surface area contributed by atoms with E-state index in [9.17, 15) is 0 Å². The highest BCUT2D eigenvalue weighted by atomic mass is 35.5. The number of hydrogen-bond acceptors (Lipinski definition) is 2. The molecular weight excluding hydrogens is 244 g/mol. The van der Waals surface area contributed by atoms with Crippen LogP contribution in [0.15, 0.2) is 24.3 Å². The van der Waals surface area contributed by atoms with Gasteiger partial charge in [0.05, 0.1) is 0 Å². The third-order valence-electron chi connectivity index (χ3n) is 4.21. The Labute approximate surface area is 115 Å². The minimum absolute atomic E-state index is 0.440. The molecular formula is C15H23ClN2. The fourth-order valence-electron chi connectivity index (χ4n) is 2.63. The maximum atomic E-state index is 5.93. The Kier molecular flexibility index (Phi) is 4.66. The van der Waals surface area contributed by atoms with Gasteiger partial charge in [-0.05, 0) is 56.6 Å². The van der Waals surface area contributed by atoms with Crippen molar-refractivity contribution in [1.82, 2.24) is 10.2 Å². The fourth-order valence-corrected chi connectivity index (χ4v) is 2.76. The normalized spacial score (nSPS) is 25.6. The van der Waals surface area contributed by atoms with E-state index in [0.717, 1.165) is 36.5 Å². The summed E-state index contributed by atoms with van der Waals surface area (Å²) >= 11 is 5.93. The quantitative estimate of drug-likeness (QED) is 0.901. The van der Waals surface area contributed by atoms with E-state index in [1.165, 1.54) is 5.56 Å². The van der Waals surface area contributed by atoms with Gasteiger partial charge in [0.25, 0.3) is 0 Å². The van der Waals surface area contributed by atoms with Crippen LogP contribution in [-0.4, -0.2) is 31.6 Å². The van der Waals surface area contributed by atoms with Crippen molar-refractivity contribution < 1.29 is 0 Å². The van der Waals surface area contributed by atoms with Crippen molar-refractivity contribution >= 4 is 11.6 Å². The van der Waals surface area contributed by atoms with E-state index in [-0.39, 0.29) is 0 Å². The third-order valence-corrected chi connectivity index (χ3v) is 4.47. The first-order valence-corrected chi connectivity index (χ1v) is 7.12. The first-order chi connectivity index (χ1) is 8.58. The third kappa shape index (κ3) is 3.25. The SMILES string of the molecule is CC1CNCC1CN(C)C(C)c1ccc(Cl)cc1. The van der Waals surface area contributed by atoms with Gasteiger partial charge in [-0.1, -0.05) is 30.7 Å². The summed E-state index contributed by atoms with van der Waals surface area (Å²) in [6, 6.07) is 8.64. The molecule has 1 N–H and O–H groups in total. The van der Waals surface area contributed by atoms with Gasteiger partial charge in [0, 0.05) is 17.6 Å². The first-order valence-electron chi connectivity index (χ1n) is 6.74. The number of benzene rings is 1. The maximum Gasteiger partial charge on any atom is 0.0406 e. The number of halogens is 1. The molecule has 0 aromatic heterocycles. The lowest BCUT2D eigenvalue weighted by Crippen LogP contribution is -2.31. The summed E-state index contributed by atoms with van der Waals surface area (Å²) in [5.41, 5.74) is 1.33. The summed E-state index contributed by atoms with van der Waals surface area (Å²) in [5.74, 6) is 1.55. The average molecular weight is 267 g/mol. The van der Waals surface area contributed by atoms with Gasteiger partial charge in [0.15, 0.2) is 0 Å². The largest absolute Gasteiger partial charge is 0.316 e. The van der Waals surface area contributed by atoms with E-state index in [4.69, 9.17) is 11.6 Å². The zero-order valence-electron chi connectivity index (χ0n) is 11.5. The van der Waals surface area contributed by atoms with E-state index in [2.05, 4.69) is 43.2 Å². The van der Waals surface area contributed by atoms with Crippen LogP contribution in [0.2, 0.25) is 5.02 Å². The molecule has 100 valence electrons. The van der Waals surface area contributed by atoms with Gasteiger partial charge in [-0.3, -0.25) is 4.90 Å². The van der Waals surface area contributed by atoms with Crippen molar-refractivity contribution in [2.24, 2.45) is 11.8 Å². The average Bonchev–Trinajstić information content (AvgIpc) is 2.75. The second-order valence-corrected chi connectivity index (χ2v) is 6.00. The van der Waals surface area contributed by atoms with Gasteiger partial charge >= 0.3 is 0 Å². The highest BCUT2D eigenvalue weighted by Crippen LogP contribution is 2.24. The van der Waals surface area contributed by atoms with Crippen LogP contribution in [-0.2, 0) is 0 Å². The zero-order valence-corrected chi connectivity index (χ0v) is 12.2. The molecule has 3 heteroatoms. The summed E-state index contributed by atoms with van der Waals surface area (Å²) in [4.78, 5) is 2.44. The van der Waals surface area contributed by atoms with Gasteiger partial charge in [-0.25, -0.2) is 0 Å². The fraction of sp³-hybridized carbons (Fsp3) is 0.600. The summed E-state index contributed by atoms with van der Waals surface area (Å²) < 4.78 is 0. The van der Waals surface area contributed by atoms with Crippen LogP contribution < -0.4 is 5.32 Å². The Bertz CT molecular complexity index is 377. The molecule has 0 aliphatic carbocycles. The lowest BCUT2D eigenvalue weighted by atomic mass is 9.96. The zero-order chi connectivity index (χ0) is 13.1. The molecule has 1 heterocycles. The Balaban J connectivity index is 1.95. The Morgan fingerprint density at radius 2 is 2.00 bits per heavy atom. The number of rotatable bonds is 4. The molecule has 2 rings (SSSR count). The van der Waals surface area contributed by atoms with Crippen LogP contribution in [0.5, 0.6) is 0 Å². The summed E-state index contributed by atoms with van der Waals surface area (Å²) in [6.07, 6.45) is 0. The Morgan fingerprint density at radius 3 is 2.56 bits per heavy atom. The molecule has 1 aliphatic rings. The van der Waals surface area contributed by atoms with Gasteiger partial charge in [0.2, 0.25) is 0 Å². The van der Waals surface area contributed by atoms with Crippen LogP contribution >= 0.6 is 11.6 Å². The highest BCUT2D eigenvalue weighted by Gasteiger charge is 2.25. The molecule has 3 unspecified atom stereocenters. The molecule has 1 aliphatic heterocycles. The highest BCUT2D eigenvalue weighted by molar-refractivity contribution is 6.30. The molecule has 0 saturated carbocycles. The molecule has 1 fully saturated rings. The number of nitrogens with zero attached hydrogens (tertiary/aromatic N) is 1. The predicted molar refractivity (Wildman–Crippen MR) is 78.0 cm³/mol. The standard InChI is InChI=1S/C15H23ClN2/c1-11-8-17-9-14(11)10-18(3)12(2)13-4-6-15(16)7-5-13/h4-7,11-12,14,17H,8-10H2,1-3H3. The van der Waals surface area contributed by atoms with Gasteiger partial charge in [-0.2, -0.15) is 0 Å². The molecule has 0 radical (unpaired) electrons. The lowest BCUT2D eigenvalue weighted by molar-refractivity contribution is 0.208. The van der Waals surface area contributed by atoms with Crippen molar-refractivity contribution in [2.75, 3.05) is 26.7 Å². The minimum Gasteiger partial charge on any atom is -0.316 e. The number of nitrogens with one attached hydrogen (secondary N) is 1. The van der Waals surface area contributed by atoms with Crippen LogP contribution in [0, 0.1) is 11.8 Å². The molecule has 0 spiro atoms. The summed E-state index contributed by atoms with van der Waals surface area (Å²) in [6.45, 7) is 8.06.